The predicted molar refractivity (Wildman–Crippen MR) is 207 cm³/mol. The van der Waals surface area contributed by atoms with E-state index < -0.39 is 16.1 Å². The molecule has 46 heavy (non-hydrogen) atoms. The molecule has 0 saturated heterocycles. The Balaban J connectivity index is 1.29. The van der Waals surface area contributed by atoms with Crippen LogP contribution in [0.5, 0.6) is 0 Å². The normalized spacial score (nSPS) is 16.4. The van der Waals surface area contributed by atoms with Crippen LogP contribution < -0.4 is 10.4 Å². The molecule has 0 nitrogen and oxygen atoms in total. The van der Waals surface area contributed by atoms with E-state index in [1.165, 1.54) is 88.3 Å². The highest BCUT2D eigenvalue weighted by atomic mass is 28.3. The van der Waals surface area contributed by atoms with Gasteiger partial charge in [-0.05, 0) is 113 Å². The van der Waals surface area contributed by atoms with E-state index >= 15 is 0 Å². The lowest BCUT2D eigenvalue weighted by atomic mass is 9.59. The van der Waals surface area contributed by atoms with E-state index in [0.29, 0.717) is 0 Å². The van der Waals surface area contributed by atoms with Crippen LogP contribution in [0.15, 0.2) is 84.9 Å². The van der Waals surface area contributed by atoms with Crippen LogP contribution in [0.1, 0.15) is 49.9 Å². The summed E-state index contributed by atoms with van der Waals surface area (Å²) in [7, 11) is -2.99. The van der Waals surface area contributed by atoms with Crippen molar-refractivity contribution in [3.05, 3.63) is 107 Å². The number of hydrogen-bond acceptors (Lipinski definition) is 0. The van der Waals surface area contributed by atoms with Crippen molar-refractivity contribution in [1.82, 2.24) is 0 Å². The maximum atomic E-state index is 2.58. The summed E-state index contributed by atoms with van der Waals surface area (Å²) >= 11 is 0. The molecule has 0 atom stereocenters. The van der Waals surface area contributed by atoms with Crippen LogP contribution in [0, 0.1) is 0 Å². The van der Waals surface area contributed by atoms with Gasteiger partial charge in [-0.3, -0.25) is 0 Å². The lowest BCUT2D eigenvalue weighted by molar-refractivity contribution is 0.521. The summed E-state index contributed by atoms with van der Waals surface area (Å²) in [6.07, 6.45) is 0. The molecule has 0 heterocycles. The minimum atomic E-state index is -1.50. The average Bonchev–Trinajstić information content (AvgIpc) is 3.49. The lowest BCUT2D eigenvalue weighted by Crippen LogP contribution is -2.38. The second-order valence-electron chi connectivity index (χ2n) is 17.4. The molecule has 6 aromatic rings. The van der Waals surface area contributed by atoms with Gasteiger partial charge in [0.1, 0.15) is 0 Å². The van der Waals surface area contributed by atoms with Gasteiger partial charge in [0.15, 0.2) is 0 Å². The third kappa shape index (κ3) is 3.45. The van der Waals surface area contributed by atoms with E-state index in [-0.39, 0.29) is 10.8 Å². The number of rotatable bonds is 2. The molecular weight excluding hydrogens is 585 g/mol. The van der Waals surface area contributed by atoms with Gasteiger partial charge in [0.05, 0.1) is 16.1 Å². The molecule has 0 amide bonds. The van der Waals surface area contributed by atoms with E-state index in [0.717, 1.165) is 0 Å². The Morgan fingerprint density at radius 3 is 0.978 bits per heavy atom. The van der Waals surface area contributed by atoms with Gasteiger partial charge in [-0.1, -0.05) is 138 Å². The van der Waals surface area contributed by atoms with Gasteiger partial charge in [-0.15, -0.1) is 0 Å². The zero-order valence-electron chi connectivity index (χ0n) is 29.1. The summed E-state index contributed by atoms with van der Waals surface area (Å²) in [5, 5.41) is 9.00. The molecule has 0 aliphatic heterocycles. The Bertz CT molecular complexity index is 2120. The Hall–Kier alpha value is -3.73. The molecule has 0 spiro atoms. The van der Waals surface area contributed by atoms with E-state index in [1.54, 1.807) is 10.4 Å². The second-order valence-corrected chi connectivity index (χ2v) is 27.5. The topological polar surface area (TPSA) is 0 Å². The maximum Gasteiger partial charge on any atom is 0.0784 e. The maximum absolute atomic E-state index is 2.58. The van der Waals surface area contributed by atoms with Crippen LogP contribution in [-0.2, 0) is 10.8 Å². The van der Waals surface area contributed by atoms with E-state index in [2.05, 4.69) is 152 Å². The Labute approximate surface area is 276 Å². The van der Waals surface area contributed by atoms with Crippen molar-refractivity contribution in [3.63, 3.8) is 0 Å². The van der Waals surface area contributed by atoms with Crippen LogP contribution in [0.3, 0.4) is 0 Å². The van der Waals surface area contributed by atoms with Gasteiger partial charge in [0.25, 0.3) is 0 Å². The first-order chi connectivity index (χ1) is 21.6. The summed E-state index contributed by atoms with van der Waals surface area (Å²) < 4.78 is 0. The van der Waals surface area contributed by atoms with Crippen molar-refractivity contribution in [1.29, 1.82) is 0 Å². The monoisotopic (exact) mass is 628 g/mol. The van der Waals surface area contributed by atoms with Crippen molar-refractivity contribution >= 4 is 48.1 Å². The molecule has 0 N–H and O–H groups in total. The third-order valence-electron chi connectivity index (χ3n) is 11.9. The average molecular weight is 629 g/mol. The van der Waals surface area contributed by atoms with Crippen LogP contribution in [0.4, 0.5) is 0 Å². The van der Waals surface area contributed by atoms with Crippen molar-refractivity contribution in [2.45, 2.75) is 77.8 Å². The summed E-state index contributed by atoms with van der Waals surface area (Å²) in [6, 6.07) is 34.2. The molecule has 0 unspecified atom stereocenters. The fraction of sp³-hybridized carbons (Fsp3) is 0.273. The molecule has 3 aliphatic rings. The standard InChI is InChI=1S/C44H44Si2/c1-43(2)35-21-31-25-13-11-15-29-40(46(8,9)10)20-18-28(41(25)29)34(31)24-38(35)44(3,4)36-22-32-26-14-12-16-30-39(45(5,6)7)19-17-27(42(26)30)33(32)23-37(36)43/h11-24H,1-10H3. The van der Waals surface area contributed by atoms with Crippen molar-refractivity contribution < 1.29 is 0 Å². The molecular formula is C44H44Si2. The van der Waals surface area contributed by atoms with Crippen molar-refractivity contribution in [3.8, 4) is 44.5 Å². The number of fused-ring (bicyclic) bond motifs is 8. The second kappa shape index (κ2) is 8.59. The zero-order valence-corrected chi connectivity index (χ0v) is 31.1. The Morgan fingerprint density at radius 1 is 0.370 bits per heavy atom. The Morgan fingerprint density at radius 2 is 0.674 bits per heavy atom. The van der Waals surface area contributed by atoms with E-state index in [9.17, 15) is 0 Å². The summed E-state index contributed by atoms with van der Waals surface area (Å²) in [5.41, 5.74) is 17.0. The molecule has 0 saturated carbocycles. The van der Waals surface area contributed by atoms with Gasteiger partial charge in [0.2, 0.25) is 0 Å². The van der Waals surface area contributed by atoms with Crippen molar-refractivity contribution in [2.24, 2.45) is 0 Å². The molecule has 0 fully saturated rings. The highest BCUT2D eigenvalue weighted by molar-refractivity contribution is 6.91. The van der Waals surface area contributed by atoms with Crippen LogP contribution in [0.25, 0.3) is 66.1 Å². The van der Waals surface area contributed by atoms with Gasteiger partial charge in [-0.25, -0.2) is 0 Å². The summed E-state index contributed by atoms with van der Waals surface area (Å²) in [4.78, 5) is 0. The zero-order chi connectivity index (χ0) is 32.3. The quantitative estimate of drug-likeness (QED) is 0.167. The molecule has 9 rings (SSSR count). The summed E-state index contributed by atoms with van der Waals surface area (Å²) in [5.74, 6) is 0. The molecule has 0 bridgehead atoms. The third-order valence-corrected chi connectivity index (χ3v) is 16.0. The molecule has 0 radical (unpaired) electrons. The molecule has 3 aliphatic carbocycles. The highest BCUT2D eigenvalue weighted by Gasteiger charge is 2.44. The fourth-order valence-corrected chi connectivity index (χ4v) is 12.7. The highest BCUT2D eigenvalue weighted by Crippen LogP contribution is 2.58. The molecule has 0 aromatic heterocycles. The first-order valence-corrected chi connectivity index (χ1v) is 24.1. The van der Waals surface area contributed by atoms with Crippen LogP contribution in [-0.4, -0.2) is 16.1 Å². The van der Waals surface area contributed by atoms with Crippen molar-refractivity contribution in [2.75, 3.05) is 0 Å². The fourth-order valence-electron chi connectivity index (χ4n) is 9.47. The van der Waals surface area contributed by atoms with E-state index in [1.807, 2.05) is 0 Å². The lowest BCUT2D eigenvalue weighted by Gasteiger charge is -2.44. The minimum Gasteiger partial charge on any atom is -0.0656 e. The van der Waals surface area contributed by atoms with Gasteiger partial charge >= 0.3 is 0 Å². The SMILES string of the molecule is CC1(C)c2cc3c(cc2C(C)(C)c2cc4c(cc21)-c1ccc([Si](C)(C)C)c2cccc-4c12)-c1ccc([Si](C)(C)C)c2cccc-3c12. The molecule has 6 aromatic carbocycles. The minimum absolute atomic E-state index is 0.122. The van der Waals surface area contributed by atoms with Crippen LogP contribution >= 0.6 is 0 Å². The smallest absolute Gasteiger partial charge is 0.0656 e. The number of benzene rings is 6. The largest absolute Gasteiger partial charge is 0.0784 e. The Kier molecular flexibility index (Phi) is 5.32. The molecule has 228 valence electrons. The van der Waals surface area contributed by atoms with E-state index in [4.69, 9.17) is 0 Å². The van der Waals surface area contributed by atoms with Crippen LogP contribution in [0.2, 0.25) is 39.3 Å². The number of hydrogen-bond donors (Lipinski definition) is 0. The first kappa shape index (κ1) is 28.5. The van der Waals surface area contributed by atoms with Gasteiger partial charge in [0, 0.05) is 10.8 Å². The predicted octanol–water partition coefficient (Wildman–Crippen LogP) is 11.3. The van der Waals surface area contributed by atoms with Gasteiger partial charge < -0.3 is 0 Å². The molecule has 2 heteroatoms. The first-order valence-electron chi connectivity index (χ1n) is 17.1. The van der Waals surface area contributed by atoms with Gasteiger partial charge in [-0.2, -0.15) is 0 Å². The summed E-state index contributed by atoms with van der Waals surface area (Å²) in [6.45, 7) is 24.7.